The molecule has 4 atom stereocenters. The molecule has 9 heteroatoms. The van der Waals surface area contributed by atoms with Crippen LogP contribution in [-0.2, 0) is 14.2 Å². The smallest absolute Gasteiger partial charge is 0.455 e. The molecule has 0 unspecified atom stereocenters. The summed E-state index contributed by atoms with van der Waals surface area (Å²) in [7, 11) is 0.552. The third-order valence-electron chi connectivity index (χ3n) is 8.90. The van der Waals surface area contributed by atoms with E-state index in [1.54, 1.807) is 19.2 Å². The fraction of sp³-hybridized carbons (Fsp3) is 0.455. The molecule has 2 fully saturated rings. The Bertz CT molecular complexity index is 1410. The van der Waals surface area contributed by atoms with E-state index in [1.807, 2.05) is 30.3 Å². The number of anilines is 1. The number of benzene rings is 2. The van der Waals surface area contributed by atoms with Crippen molar-refractivity contribution in [2.24, 2.45) is 23.7 Å². The predicted molar refractivity (Wildman–Crippen MR) is 173 cm³/mol. The number of carbonyl (C=O) groups excluding carboxylic acids is 2. The summed E-state index contributed by atoms with van der Waals surface area (Å²) >= 11 is 2.11. The molecule has 2 saturated heterocycles. The Labute approximate surface area is 262 Å². The van der Waals surface area contributed by atoms with Gasteiger partial charge >= 0.3 is 7.12 Å². The van der Waals surface area contributed by atoms with Gasteiger partial charge in [0.2, 0.25) is 11.8 Å². The predicted octanol–water partition coefficient (Wildman–Crippen LogP) is 6.63. The summed E-state index contributed by atoms with van der Waals surface area (Å²) in [5, 5.41) is 21.2. The molecule has 0 radical (unpaired) electrons. The summed E-state index contributed by atoms with van der Waals surface area (Å²) in [6, 6.07) is 12.9. The number of phenols is 1. The van der Waals surface area contributed by atoms with E-state index in [0.29, 0.717) is 30.6 Å². The van der Waals surface area contributed by atoms with Crippen molar-refractivity contribution in [3.05, 3.63) is 68.3 Å². The van der Waals surface area contributed by atoms with E-state index >= 15 is 0 Å². The molecule has 222 valence electrons. The first-order chi connectivity index (χ1) is 20.1. The second-order valence-electron chi connectivity index (χ2n) is 11.9. The van der Waals surface area contributed by atoms with Crippen molar-refractivity contribution >= 4 is 53.3 Å². The van der Waals surface area contributed by atoms with Gasteiger partial charge in [-0.1, -0.05) is 62.6 Å². The number of rotatable bonds is 9. The highest BCUT2D eigenvalue weighted by atomic mass is 127. The zero-order valence-electron chi connectivity index (χ0n) is 24.7. The van der Waals surface area contributed by atoms with E-state index in [0.717, 1.165) is 34.0 Å². The Morgan fingerprint density at radius 3 is 2.57 bits per heavy atom. The van der Waals surface area contributed by atoms with Crippen LogP contribution in [0.25, 0.3) is 6.08 Å². The number of aromatic hydroxyl groups is 1. The van der Waals surface area contributed by atoms with E-state index < -0.39 is 19.0 Å². The molecule has 0 aromatic heterocycles. The van der Waals surface area contributed by atoms with Crippen LogP contribution in [0.15, 0.2) is 59.2 Å². The van der Waals surface area contributed by atoms with E-state index in [2.05, 4.69) is 49.4 Å². The van der Waals surface area contributed by atoms with Crippen molar-refractivity contribution in [2.45, 2.75) is 65.3 Å². The number of fused-ring (bicyclic) bond motifs is 3. The van der Waals surface area contributed by atoms with Crippen molar-refractivity contribution in [1.29, 1.82) is 0 Å². The number of phenolic OH excluding ortho intramolecular Hbond substituents is 1. The maximum atomic E-state index is 13.9. The number of nitrogens with zero attached hydrogens (tertiary/aromatic N) is 1. The number of carbonyl (C=O) groups is 2. The van der Waals surface area contributed by atoms with E-state index in [-0.39, 0.29) is 35.5 Å². The van der Waals surface area contributed by atoms with Gasteiger partial charge in [-0.05, 0) is 102 Å². The number of hydrogen-bond donors (Lipinski definition) is 2. The van der Waals surface area contributed by atoms with Crippen LogP contribution in [0.3, 0.4) is 0 Å². The van der Waals surface area contributed by atoms with Gasteiger partial charge in [-0.25, -0.2) is 0 Å². The lowest BCUT2D eigenvalue weighted by Crippen LogP contribution is -2.46. The van der Waals surface area contributed by atoms with Crippen LogP contribution in [0.4, 0.5) is 5.69 Å². The summed E-state index contributed by atoms with van der Waals surface area (Å²) in [6.07, 6.45) is 5.97. The molecule has 5 rings (SSSR count). The van der Waals surface area contributed by atoms with Gasteiger partial charge in [-0.2, -0.15) is 0 Å². The van der Waals surface area contributed by atoms with Gasteiger partial charge in [0, 0.05) is 0 Å². The molecule has 2 aromatic rings. The highest BCUT2D eigenvalue weighted by Gasteiger charge is 2.57. The molecule has 1 aliphatic carbocycles. The monoisotopic (exact) mass is 683 g/mol. The second-order valence-corrected chi connectivity index (χ2v) is 13.0. The summed E-state index contributed by atoms with van der Waals surface area (Å²) < 4.78 is 12.3. The first-order valence-electron chi connectivity index (χ1n) is 14.9. The van der Waals surface area contributed by atoms with E-state index in [1.165, 1.54) is 16.0 Å². The van der Waals surface area contributed by atoms with Crippen molar-refractivity contribution in [1.82, 2.24) is 0 Å². The quantitative estimate of drug-likeness (QED) is 0.134. The minimum absolute atomic E-state index is 0.137. The van der Waals surface area contributed by atoms with Crippen LogP contribution in [0.2, 0.25) is 6.32 Å². The lowest BCUT2D eigenvalue weighted by Gasteiger charge is -2.44. The number of methoxy groups -OCH3 is 1. The lowest BCUT2D eigenvalue weighted by atomic mass is 9.57. The number of ether oxygens (including phenoxy) is 1. The van der Waals surface area contributed by atoms with Gasteiger partial charge in [0.1, 0.15) is 0 Å². The molecule has 2 N–H and O–H groups in total. The first kappa shape index (κ1) is 30.8. The topological polar surface area (TPSA) is 96.3 Å². The van der Waals surface area contributed by atoms with Gasteiger partial charge in [0.05, 0.1) is 34.3 Å². The van der Waals surface area contributed by atoms with Gasteiger partial charge < -0.3 is 19.5 Å². The van der Waals surface area contributed by atoms with Gasteiger partial charge in [-0.3, -0.25) is 14.5 Å². The molecule has 3 aliphatic rings. The van der Waals surface area contributed by atoms with Crippen LogP contribution in [-0.4, -0.2) is 42.3 Å². The maximum absolute atomic E-state index is 13.9. The Hall–Kier alpha value is -2.63. The fourth-order valence-corrected chi connectivity index (χ4v) is 7.68. The summed E-state index contributed by atoms with van der Waals surface area (Å²) in [5.41, 5.74) is 5.11. The molecule has 2 amide bonds. The first-order valence-corrected chi connectivity index (χ1v) is 16.0. The molecule has 0 bridgehead atoms. The molecular formula is C33H39BINO6. The van der Waals surface area contributed by atoms with E-state index in [4.69, 9.17) is 9.39 Å². The molecule has 2 heterocycles. The minimum Gasteiger partial charge on any atom is -0.504 e. The summed E-state index contributed by atoms with van der Waals surface area (Å²) in [6.45, 7) is 6.42. The highest BCUT2D eigenvalue weighted by molar-refractivity contribution is 14.1. The van der Waals surface area contributed by atoms with Gasteiger partial charge in [0.25, 0.3) is 0 Å². The highest BCUT2D eigenvalue weighted by Crippen LogP contribution is 2.52. The fourth-order valence-electron chi connectivity index (χ4n) is 7.06. The average molecular weight is 683 g/mol. The largest absolute Gasteiger partial charge is 0.504 e. The Morgan fingerprint density at radius 2 is 1.90 bits per heavy atom. The standard InChI is InChI=1S/C33H39BINO6/c1-5-9-20(14-21-15-26(35)31(37)28(16-21)41-4)12-13-27-29-23(19(2)3)17-24-30(25(29)18-34(40)42-27)33(39)36(32(24)38)22-10-7-6-8-11-22/h6-8,10-11,14-16,19,24-25,27,30,37,40H,5,9,12-13,17-18H2,1-4H3/b20-14+/t24-,25+,27-,30-/m1/s1. The third-order valence-corrected chi connectivity index (χ3v) is 9.72. The van der Waals surface area contributed by atoms with Crippen molar-refractivity contribution in [3.8, 4) is 11.5 Å². The molecule has 2 aliphatic heterocycles. The molecular weight excluding hydrogens is 644 g/mol. The lowest BCUT2D eigenvalue weighted by molar-refractivity contribution is -0.122. The Morgan fingerprint density at radius 1 is 1.17 bits per heavy atom. The number of amides is 2. The SMILES string of the molecule is CCC/C(=C\c1cc(I)c(O)c(OC)c1)CC[C@H]1OB(O)C[C@H]2C1=C(C(C)C)C[C@H]1C(=O)N(c3ccccc3)C(=O)[C@H]12. The molecule has 2 aromatic carbocycles. The van der Waals surface area contributed by atoms with Crippen LogP contribution >= 0.6 is 22.6 Å². The van der Waals surface area contributed by atoms with E-state index in [9.17, 15) is 19.7 Å². The molecule has 0 spiro atoms. The van der Waals surface area contributed by atoms with Crippen molar-refractivity contribution < 1.29 is 29.1 Å². The number of halogens is 1. The third kappa shape index (κ3) is 5.92. The Balaban J connectivity index is 1.45. The average Bonchev–Trinajstić information content (AvgIpc) is 3.22. The maximum Gasteiger partial charge on any atom is 0.455 e. The van der Waals surface area contributed by atoms with Crippen LogP contribution < -0.4 is 9.64 Å². The molecule has 7 nitrogen and oxygen atoms in total. The molecule has 0 saturated carbocycles. The summed E-state index contributed by atoms with van der Waals surface area (Å²) in [5.74, 6) is -0.690. The number of para-hydroxylation sites is 1. The Kier molecular flexibility index (Phi) is 9.49. The van der Waals surface area contributed by atoms with Gasteiger partial charge in [0.15, 0.2) is 11.5 Å². The zero-order chi connectivity index (χ0) is 30.1. The normalized spacial score (nSPS) is 24.4. The van der Waals surface area contributed by atoms with Crippen LogP contribution in [0.1, 0.15) is 58.4 Å². The second kappa shape index (κ2) is 12.9. The minimum atomic E-state index is -0.994. The zero-order valence-corrected chi connectivity index (χ0v) is 26.8. The van der Waals surface area contributed by atoms with Crippen LogP contribution in [0.5, 0.6) is 11.5 Å². The molecule has 42 heavy (non-hydrogen) atoms. The van der Waals surface area contributed by atoms with Crippen molar-refractivity contribution in [3.63, 3.8) is 0 Å². The summed E-state index contributed by atoms with van der Waals surface area (Å²) in [4.78, 5) is 28.9. The number of imide groups is 1. The van der Waals surface area contributed by atoms with Gasteiger partial charge in [-0.15, -0.1) is 0 Å². The number of allylic oxidation sites excluding steroid dienone is 2. The van der Waals surface area contributed by atoms with Crippen molar-refractivity contribution in [2.75, 3.05) is 12.0 Å². The van der Waals surface area contributed by atoms with Crippen LogP contribution in [0, 0.1) is 27.2 Å². The number of hydrogen-bond acceptors (Lipinski definition) is 6.